The molecular formula is C11H17NO3. The summed E-state index contributed by atoms with van der Waals surface area (Å²) < 4.78 is 0. The van der Waals surface area contributed by atoms with Crippen molar-refractivity contribution in [2.24, 2.45) is 11.8 Å². The summed E-state index contributed by atoms with van der Waals surface area (Å²) in [6.07, 6.45) is 3.74. The Bertz CT molecular complexity index is 275. The van der Waals surface area contributed by atoms with Crippen LogP contribution in [0, 0.1) is 11.8 Å². The van der Waals surface area contributed by atoms with Crippen molar-refractivity contribution in [3.8, 4) is 0 Å². The molecule has 0 spiro atoms. The fourth-order valence-corrected chi connectivity index (χ4v) is 1.77. The third kappa shape index (κ3) is 2.81. The molecule has 84 valence electrons. The Labute approximate surface area is 89.4 Å². The van der Waals surface area contributed by atoms with E-state index in [0.717, 1.165) is 0 Å². The summed E-state index contributed by atoms with van der Waals surface area (Å²) in [6, 6.07) is 0.0324. The zero-order valence-corrected chi connectivity index (χ0v) is 8.90. The van der Waals surface area contributed by atoms with Gasteiger partial charge in [0.1, 0.15) is 0 Å². The van der Waals surface area contributed by atoms with Gasteiger partial charge in [0.05, 0.1) is 11.8 Å². The van der Waals surface area contributed by atoms with E-state index in [-0.39, 0.29) is 17.9 Å². The summed E-state index contributed by atoms with van der Waals surface area (Å²) in [5, 5.41) is 11.6. The van der Waals surface area contributed by atoms with Crippen LogP contribution in [0.1, 0.15) is 26.2 Å². The number of carbonyl (C=O) groups is 2. The number of carbonyl (C=O) groups excluding carboxylic acids is 1. The van der Waals surface area contributed by atoms with Gasteiger partial charge in [0.25, 0.3) is 0 Å². The number of carboxylic acid groups (broad SMARTS) is 1. The molecule has 2 N–H and O–H groups in total. The minimum absolute atomic E-state index is 0.0324. The Morgan fingerprint density at radius 3 is 2.53 bits per heavy atom. The fraction of sp³-hybridized carbons (Fsp3) is 0.636. The van der Waals surface area contributed by atoms with Crippen LogP contribution in [0.4, 0.5) is 0 Å². The molecule has 1 amide bonds. The lowest BCUT2D eigenvalue weighted by Crippen LogP contribution is -2.46. The first kappa shape index (κ1) is 11.8. The molecule has 1 rings (SSSR count). The van der Waals surface area contributed by atoms with E-state index >= 15 is 0 Å². The van der Waals surface area contributed by atoms with Crippen molar-refractivity contribution in [2.75, 3.05) is 0 Å². The Hall–Kier alpha value is -1.32. The van der Waals surface area contributed by atoms with Crippen LogP contribution in [0.15, 0.2) is 12.7 Å². The number of hydrogen-bond donors (Lipinski definition) is 2. The first-order valence-corrected chi connectivity index (χ1v) is 5.20. The Kier molecular flexibility index (Phi) is 3.88. The van der Waals surface area contributed by atoms with Crippen molar-refractivity contribution in [3.63, 3.8) is 0 Å². The number of amides is 1. The first-order valence-electron chi connectivity index (χ1n) is 5.20. The molecule has 0 heterocycles. The van der Waals surface area contributed by atoms with Crippen LogP contribution in [0.3, 0.4) is 0 Å². The molecule has 0 bridgehead atoms. The van der Waals surface area contributed by atoms with Crippen molar-refractivity contribution in [1.82, 2.24) is 5.32 Å². The van der Waals surface area contributed by atoms with Gasteiger partial charge in [-0.2, -0.15) is 0 Å². The molecule has 1 aliphatic rings. The topological polar surface area (TPSA) is 66.4 Å². The molecule has 3 atom stereocenters. The van der Waals surface area contributed by atoms with Crippen molar-refractivity contribution < 1.29 is 14.7 Å². The lowest BCUT2D eigenvalue weighted by molar-refractivity contribution is -0.152. The molecule has 1 fully saturated rings. The van der Waals surface area contributed by atoms with E-state index in [4.69, 9.17) is 5.11 Å². The highest BCUT2D eigenvalue weighted by Crippen LogP contribution is 2.34. The van der Waals surface area contributed by atoms with Crippen LogP contribution in [0.25, 0.3) is 0 Å². The maximum atomic E-state index is 11.6. The molecule has 1 saturated carbocycles. The summed E-state index contributed by atoms with van der Waals surface area (Å²) in [4.78, 5) is 22.3. The lowest BCUT2D eigenvalue weighted by atomic mass is 9.73. The molecule has 15 heavy (non-hydrogen) atoms. The summed E-state index contributed by atoms with van der Waals surface area (Å²) in [6.45, 7) is 5.47. The van der Waals surface area contributed by atoms with E-state index in [1.165, 1.54) is 0 Å². The average molecular weight is 211 g/mol. The van der Waals surface area contributed by atoms with Crippen LogP contribution in [-0.4, -0.2) is 23.0 Å². The first-order chi connectivity index (χ1) is 7.06. The summed E-state index contributed by atoms with van der Waals surface area (Å²) in [5.74, 6) is -1.82. The zero-order valence-electron chi connectivity index (χ0n) is 8.90. The molecule has 4 nitrogen and oxygen atoms in total. The maximum Gasteiger partial charge on any atom is 0.307 e. The zero-order chi connectivity index (χ0) is 11.4. The van der Waals surface area contributed by atoms with Crippen molar-refractivity contribution in [3.05, 3.63) is 12.7 Å². The van der Waals surface area contributed by atoms with Gasteiger partial charge in [-0.05, 0) is 26.2 Å². The normalized spacial score (nSPS) is 26.2. The second-order valence-electron chi connectivity index (χ2n) is 4.06. The second kappa shape index (κ2) is 4.96. The van der Waals surface area contributed by atoms with E-state index in [9.17, 15) is 9.59 Å². The molecule has 0 aromatic carbocycles. The van der Waals surface area contributed by atoms with Gasteiger partial charge in [0.15, 0.2) is 0 Å². The van der Waals surface area contributed by atoms with Gasteiger partial charge in [-0.1, -0.05) is 6.08 Å². The van der Waals surface area contributed by atoms with Crippen LogP contribution in [-0.2, 0) is 9.59 Å². The minimum atomic E-state index is -0.863. The highest BCUT2D eigenvalue weighted by molar-refractivity contribution is 5.86. The molecule has 1 aliphatic carbocycles. The highest BCUT2D eigenvalue weighted by Gasteiger charge is 2.41. The summed E-state index contributed by atoms with van der Waals surface area (Å²) in [5.41, 5.74) is 0. The monoisotopic (exact) mass is 211 g/mol. The van der Waals surface area contributed by atoms with E-state index in [1.807, 2.05) is 6.92 Å². The molecule has 0 saturated heterocycles. The third-order valence-corrected chi connectivity index (χ3v) is 2.84. The quantitative estimate of drug-likeness (QED) is 0.671. The summed E-state index contributed by atoms with van der Waals surface area (Å²) in [7, 11) is 0. The molecular weight excluding hydrogens is 194 g/mol. The summed E-state index contributed by atoms with van der Waals surface area (Å²) >= 11 is 0. The average Bonchev–Trinajstić information content (AvgIpc) is 1.99. The van der Waals surface area contributed by atoms with E-state index < -0.39 is 11.9 Å². The number of carboxylic acids is 1. The smallest absolute Gasteiger partial charge is 0.307 e. The third-order valence-electron chi connectivity index (χ3n) is 2.84. The molecule has 0 radical (unpaired) electrons. The largest absolute Gasteiger partial charge is 0.481 e. The van der Waals surface area contributed by atoms with Gasteiger partial charge in [-0.15, -0.1) is 6.58 Å². The standard InChI is InChI=1S/C11H17NO3/c1-3-4-7(2)12-10(13)8-5-6-9(8)11(14)15/h3,7-9H,1,4-6H2,2H3,(H,12,13)(H,14,15). The van der Waals surface area contributed by atoms with Crippen LogP contribution < -0.4 is 5.32 Å². The van der Waals surface area contributed by atoms with Crippen LogP contribution in [0.5, 0.6) is 0 Å². The minimum Gasteiger partial charge on any atom is -0.481 e. The second-order valence-corrected chi connectivity index (χ2v) is 4.06. The molecule has 0 aliphatic heterocycles. The van der Waals surface area contributed by atoms with Crippen LogP contribution in [0.2, 0.25) is 0 Å². The van der Waals surface area contributed by atoms with Gasteiger partial charge in [-0.25, -0.2) is 0 Å². The van der Waals surface area contributed by atoms with Gasteiger partial charge < -0.3 is 10.4 Å². The lowest BCUT2D eigenvalue weighted by Gasteiger charge is -2.32. The highest BCUT2D eigenvalue weighted by atomic mass is 16.4. The predicted octanol–water partition coefficient (Wildman–Crippen LogP) is 1.18. The van der Waals surface area contributed by atoms with Gasteiger partial charge >= 0.3 is 5.97 Å². The number of rotatable bonds is 5. The maximum absolute atomic E-state index is 11.6. The number of aliphatic carboxylic acids is 1. The molecule has 4 heteroatoms. The molecule has 3 unspecified atom stereocenters. The Morgan fingerprint density at radius 2 is 2.13 bits per heavy atom. The van der Waals surface area contributed by atoms with E-state index in [0.29, 0.717) is 19.3 Å². The fourth-order valence-electron chi connectivity index (χ4n) is 1.77. The predicted molar refractivity (Wildman–Crippen MR) is 56.3 cm³/mol. The molecule has 0 aromatic rings. The van der Waals surface area contributed by atoms with Crippen molar-refractivity contribution in [2.45, 2.75) is 32.2 Å². The van der Waals surface area contributed by atoms with Gasteiger partial charge in [-0.3, -0.25) is 9.59 Å². The van der Waals surface area contributed by atoms with Crippen molar-refractivity contribution >= 4 is 11.9 Å². The molecule has 0 aromatic heterocycles. The Balaban J connectivity index is 2.40. The SMILES string of the molecule is C=CCC(C)NC(=O)C1CCC1C(=O)O. The van der Waals surface area contributed by atoms with Gasteiger partial charge in [0, 0.05) is 6.04 Å². The van der Waals surface area contributed by atoms with Crippen LogP contribution >= 0.6 is 0 Å². The van der Waals surface area contributed by atoms with E-state index in [1.54, 1.807) is 6.08 Å². The van der Waals surface area contributed by atoms with Gasteiger partial charge in [0.2, 0.25) is 5.91 Å². The van der Waals surface area contributed by atoms with E-state index in [2.05, 4.69) is 11.9 Å². The Morgan fingerprint density at radius 1 is 1.53 bits per heavy atom. The number of nitrogens with one attached hydrogen (secondary N) is 1. The van der Waals surface area contributed by atoms with Crippen molar-refractivity contribution in [1.29, 1.82) is 0 Å². The number of hydrogen-bond acceptors (Lipinski definition) is 2.